The Balaban J connectivity index is 2.01. The molecule has 0 bridgehead atoms. The molecule has 120 valence electrons. The molecule has 0 aromatic carbocycles. The van der Waals surface area contributed by atoms with Crippen molar-refractivity contribution >= 4 is 9.84 Å². The summed E-state index contributed by atoms with van der Waals surface area (Å²) < 4.78 is 30.2. The Morgan fingerprint density at radius 1 is 1.43 bits per heavy atom. The Kier molecular flexibility index (Phi) is 5.40. The molecule has 7 heteroatoms. The smallest absolute Gasteiger partial charge is 0.152 e. The van der Waals surface area contributed by atoms with E-state index < -0.39 is 9.84 Å². The number of nitrogens with one attached hydrogen (secondary N) is 1. The number of methoxy groups -OCH3 is 1. The van der Waals surface area contributed by atoms with E-state index in [0.717, 1.165) is 37.5 Å². The number of nitrogens with zero attached hydrogens (tertiary/aromatic N) is 2. The third-order valence-corrected chi connectivity index (χ3v) is 5.78. The van der Waals surface area contributed by atoms with E-state index >= 15 is 0 Å². The fraction of sp³-hybridized carbons (Fsp3) is 0.786. The maximum Gasteiger partial charge on any atom is 0.152 e. The van der Waals surface area contributed by atoms with E-state index in [1.54, 1.807) is 7.11 Å². The van der Waals surface area contributed by atoms with Crippen molar-refractivity contribution in [2.24, 2.45) is 0 Å². The molecule has 0 radical (unpaired) electrons. The summed E-state index contributed by atoms with van der Waals surface area (Å²) in [7, 11) is -1.18. The molecule has 1 aliphatic rings. The van der Waals surface area contributed by atoms with Crippen LogP contribution in [-0.4, -0.2) is 50.0 Å². The molecule has 1 fully saturated rings. The van der Waals surface area contributed by atoms with Crippen LogP contribution in [0.25, 0.3) is 0 Å². The second kappa shape index (κ2) is 6.89. The zero-order chi connectivity index (χ0) is 15.5. The highest BCUT2D eigenvalue weighted by Crippen LogP contribution is 2.26. The van der Waals surface area contributed by atoms with Gasteiger partial charge in [0.05, 0.1) is 23.2 Å². The maximum atomic E-state index is 11.6. The molecule has 1 aliphatic heterocycles. The molecule has 1 aromatic heterocycles. The standard InChI is InChI=1S/C14H25N3O3S/c1-11-14(9-15-6-4-7-20-3)12(2)17(16-11)13-5-8-21(18,19)10-13/h13,15H,4-10H2,1-3H3. The minimum absolute atomic E-state index is 0.00376. The Morgan fingerprint density at radius 2 is 2.19 bits per heavy atom. The van der Waals surface area contributed by atoms with Crippen LogP contribution in [0, 0.1) is 13.8 Å². The van der Waals surface area contributed by atoms with Gasteiger partial charge in [-0.15, -0.1) is 0 Å². The average Bonchev–Trinajstić information content (AvgIpc) is 2.91. The SMILES string of the molecule is COCCCNCc1c(C)nn(C2CCS(=O)(=O)C2)c1C. The van der Waals surface area contributed by atoms with Crippen molar-refractivity contribution in [3.05, 3.63) is 17.0 Å². The van der Waals surface area contributed by atoms with Gasteiger partial charge in [-0.3, -0.25) is 4.68 Å². The highest BCUT2D eigenvalue weighted by molar-refractivity contribution is 7.91. The molecular formula is C14H25N3O3S. The van der Waals surface area contributed by atoms with Crippen LogP contribution in [0.3, 0.4) is 0 Å². The summed E-state index contributed by atoms with van der Waals surface area (Å²) in [5, 5.41) is 7.95. The van der Waals surface area contributed by atoms with Gasteiger partial charge in [0.15, 0.2) is 9.84 Å². The number of sulfone groups is 1. The first-order chi connectivity index (χ1) is 9.94. The summed E-state index contributed by atoms with van der Waals surface area (Å²) in [4.78, 5) is 0. The van der Waals surface area contributed by atoms with Crippen molar-refractivity contribution in [2.75, 3.05) is 31.8 Å². The predicted molar refractivity (Wildman–Crippen MR) is 82.2 cm³/mol. The number of hydrogen-bond donors (Lipinski definition) is 1. The van der Waals surface area contributed by atoms with Crippen molar-refractivity contribution in [1.29, 1.82) is 0 Å². The zero-order valence-corrected chi connectivity index (χ0v) is 13.9. The molecule has 1 N–H and O–H groups in total. The first-order valence-electron chi connectivity index (χ1n) is 7.39. The Morgan fingerprint density at radius 3 is 2.81 bits per heavy atom. The molecule has 0 aliphatic carbocycles. The summed E-state index contributed by atoms with van der Waals surface area (Å²) in [6.45, 7) is 6.43. The van der Waals surface area contributed by atoms with Crippen molar-refractivity contribution < 1.29 is 13.2 Å². The quantitative estimate of drug-likeness (QED) is 0.760. The highest BCUT2D eigenvalue weighted by atomic mass is 32.2. The van der Waals surface area contributed by atoms with Gasteiger partial charge in [0.1, 0.15) is 0 Å². The monoisotopic (exact) mass is 315 g/mol. The third kappa shape index (κ3) is 4.05. The van der Waals surface area contributed by atoms with Crippen molar-refractivity contribution in [3.63, 3.8) is 0 Å². The lowest BCUT2D eigenvalue weighted by Gasteiger charge is -2.11. The van der Waals surface area contributed by atoms with E-state index in [2.05, 4.69) is 10.4 Å². The molecule has 1 saturated heterocycles. The van der Waals surface area contributed by atoms with Gasteiger partial charge in [-0.05, 0) is 33.2 Å². The van der Waals surface area contributed by atoms with Crippen LogP contribution in [0.4, 0.5) is 0 Å². The first-order valence-corrected chi connectivity index (χ1v) is 9.21. The molecule has 0 spiro atoms. The Labute approximate surface area is 126 Å². The first kappa shape index (κ1) is 16.5. The molecule has 2 heterocycles. The van der Waals surface area contributed by atoms with E-state index in [0.29, 0.717) is 6.42 Å². The van der Waals surface area contributed by atoms with E-state index in [9.17, 15) is 8.42 Å². The van der Waals surface area contributed by atoms with Crippen LogP contribution < -0.4 is 5.32 Å². The largest absolute Gasteiger partial charge is 0.385 e. The molecule has 1 unspecified atom stereocenters. The molecule has 21 heavy (non-hydrogen) atoms. The van der Waals surface area contributed by atoms with E-state index in [4.69, 9.17) is 4.74 Å². The maximum absolute atomic E-state index is 11.6. The van der Waals surface area contributed by atoms with Gasteiger partial charge >= 0.3 is 0 Å². The second-order valence-corrected chi connectivity index (χ2v) is 7.90. The van der Waals surface area contributed by atoms with Crippen LogP contribution in [-0.2, 0) is 21.1 Å². The summed E-state index contributed by atoms with van der Waals surface area (Å²) >= 11 is 0. The topological polar surface area (TPSA) is 73.2 Å². The highest BCUT2D eigenvalue weighted by Gasteiger charge is 2.31. The van der Waals surface area contributed by atoms with Crippen LogP contribution in [0.1, 0.15) is 35.8 Å². The fourth-order valence-corrected chi connectivity index (χ4v) is 4.52. The van der Waals surface area contributed by atoms with Crippen molar-refractivity contribution in [2.45, 2.75) is 39.3 Å². The molecule has 0 amide bonds. The molecule has 0 saturated carbocycles. The summed E-state index contributed by atoms with van der Waals surface area (Å²) in [6, 6.07) is -0.00376. The molecule has 1 atom stereocenters. The Bertz CT molecular complexity index is 581. The number of aromatic nitrogens is 2. The van der Waals surface area contributed by atoms with Gasteiger partial charge in [0.25, 0.3) is 0 Å². The van der Waals surface area contributed by atoms with E-state index in [1.807, 2.05) is 18.5 Å². The minimum Gasteiger partial charge on any atom is -0.385 e. The van der Waals surface area contributed by atoms with Gasteiger partial charge in [0, 0.05) is 31.5 Å². The summed E-state index contributed by atoms with van der Waals surface area (Å²) in [6.07, 6.45) is 1.65. The van der Waals surface area contributed by atoms with Crippen LogP contribution in [0.15, 0.2) is 0 Å². The second-order valence-electron chi connectivity index (χ2n) is 5.67. The summed E-state index contributed by atoms with van der Waals surface area (Å²) in [5.74, 6) is 0.496. The van der Waals surface area contributed by atoms with Gasteiger partial charge in [-0.25, -0.2) is 8.42 Å². The van der Waals surface area contributed by atoms with E-state index in [1.165, 1.54) is 5.56 Å². The van der Waals surface area contributed by atoms with Crippen LogP contribution in [0.5, 0.6) is 0 Å². The molecular weight excluding hydrogens is 290 g/mol. The third-order valence-electron chi connectivity index (χ3n) is 4.03. The predicted octanol–water partition coefficient (Wildman–Crippen LogP) is 0.986. The number of hydrogen-bond acceptors (Lipinski definition) is 5. The van der Waals surface area contributed by atoms with Gasteiger partial charge < -0.3 is 10.1 Å². The molecule has 1 aromatic rings. The Hall–Kier alpha value is -0.920. The lowest BCUT2D eigenvalue weighted by atomic mass is 10.2. The van der Waals surface area contributed by atoms with Crippen molar-refractivity contribution in [1.82, 2.24) is 15.1 Å². The number of aryl methyl sites for hydroxylation is 1. The number of ether oxygens (including phenoxy) is 1. The van der Waals surface area contributed by atoms with Crippen LogP contribution >= 0.6 is 0 Å². The lowest BCUT2D eigenvalue weighted by molar-refractivity contribution is 0.194. The number of rotatable bonds is 7. The lowest BCUT2D eigenvalue weighted by Crippen LogP contribution is -2.18. The molecule has 2 rings (SSSR count). The van der Waals surface area contributed by atoms with Gasteiger partial charge in [0.2, 0.25) is 0 Å². The summed E-state index contributed by atoms with van der Waals surface area (Å²) in [5.41, 5.74) is 3.24. The van der Waals surface area contributed by atoms with E-state index in [-0.39, 0.29) is 17.5 Å². The molecule has 6 nitrogen and oxygen atoms in total. The minimum atomic E-state index is -2.88. The van der Waals surface area contributed by atoms with Crippen LogP contribution in [0.2, 0.25) is 0 Å². The fourth-order valence-electron chi connectivity index (χ4n) is 2.83. The zero-order valence-electron chi connectivity index (χ0n) is 13.1. The average molecular weight is 315 g/mol. The van der Waals surface area contributed by atoms with Gasteiger partial charge in [-0.1, -0.05) is 0 Å². The van der Waals surface area contributed by atoms with Crippen molar-refractivity contribution in [3.8, 4) is 0 Å². The normalized spacial score (nSPS) is 21.0. The van der Waals surface area contributed by atoms with Gasteiger partial charge in [-0.2, -0.15) is 5.10 Å².